The van der Waals surface area contributed by atoms with Gasteiger partial charge in [-0.3, -0.25) is 14.9 Å². The van der Waals surface area contributed by atoms with E-state index in [4.69, 9.17) is 5.73 Å². The molecule has 0 fully saturated rings. The van der Waals surface area contributed by atoms with E-state index in [2.05, 4.69) is 24.5 Å². The molecule has 0 spiro atoms. The summed E-state index contributed by atoms with van der Waals surface area (Å²) in [5, 5.41) is 5.58. The van der Waals surface area contributed by atoms with Crippen molar-refractivity contribution in [1.29, 1.82) is 0 Å². The minimum absolute atomic E-state index is 0.105. The molecule has 0 aromatic carbocycles. The van der Waals surface area contributed by atoms with Gasteiger partial charge in [0, 0.05) is 6.54 Å². The number of carbonyl (C=O) groups excluding carboxylic acids is 2. The summed E-state index contributed by atoms with van der Waals surface area (Å²) < 4.78 is 0. The summed E-state index contributed by atoms with van der Waals surface area (Å²) in [7, 11) is 0. The number of nitrogens with one attached hydrogen (secondary N) is 2. The molecule has 0 rings (SSSR count). The molecular weight excluding hydrogens is 206 g/mol. The minimum Gasteiger partial charge on any atom is -0.368 e. The van der Waals surface area contributed by atoms with Crippen molar-refractivity contribution >= 4 is 11.8 Å². The Morgan fingerprint density at radius 3 is 2.31 bits per heavy atom. The molecule has 94 valence electrons. The average Bonchev–Trinajstić information content (AvgIpc) is 2.14. The molecule has 0 saturated carbocycles. The topological polar surface area (TPSA) is 84.2 Å². The normalized spacial score (nSPS) is 11.6. The molecule has 0 aliphatic heterocycles. The first-order valence-electron chi connectivity index (χ1n) is 5.57. The monoisotopic (exact) mass is 229 g/mol. The van der Waals surface area contributed by atoms with Crippen LogP contribution in [0.2, 0.25) is 0 Å². The van der Waals surface area contributed by atoms with Crippen molar-refractivity contribution in [2.24, 2.45) is 11.7 Å². The molecule has 5 nitrogen and oxygen atoms in total. The van der Waals surface area contributed by atoms with E-state index >= 15 is 0 Å². The molecule has 0 radical (unpaired) electrons. The van der Waals surface area contributed by atoms with Crippen LogP contribution in [0.1, 0.15) is 34.1 Å². The molecule has 4 N–H and O–H groups in total. The molecule has 0 atom stereocenters. The van der Waals surface area contributed by atoms with Crippen molar-refractivity contribution in [3.63, 3.8) is 0 Å². The zero-order chi connectivity index (χ0) is 12.8. The predicted octanol–water partition coefficient (Wildman–Crippen LogP) is 0.00220. The highest BCUT2D eigenvalue weighted by Gasteiger charge is 2.24. The molecule has 2 amide bonds. The van der Waals surface area contributed by atoms with Gasteiger partial charge in [-0.05, 0) is 26.2 Å². The van der Waals surface area contributed by atoms with E-state index in [1.807, 2.05) is 0 Å². The van der Waals surface area contributed by atoms with Crippen LogP contribution in [0.4, 0.5) is 0 Å². The van der Waals surface area contributed by atoms with Crippen LogP contribution in [0, 0.1) is 5.92 Å². The third-order valence-corrected chi connectivity index (χ3v) is 2.35. The van der Waals surface area contributed by atoms with Gasteiger partial charge in [0.15, 0.2) is 0 Å². The standard InChI is InChI=1S/C11H23N3O2/c1-8(2)5-6-13-9(15)7-14-11(3,4)10(12)16/h8,14H,5-7H2,1-4H3,(H2,12,16)(H,13,15). The van der Waals surface area contributed by atoms with E-state index < -0.39 is 11.4 Å². The molecule has 0 unspecified atom stereocenters. The smallest absolute Gasteiger partial charge is 0.237 e. The lowest BCUT2D eigenvalue weighted by Gasteiger charge is -2.21. The van der Waals surface area contributed by atoms with E-state index in [-0.39, 0.29) is 12.5 Å². The SMILES string of the molecule is CC(C)CCNC(=O)CNC(C)(C)C(N)=O. The van der Waals surface area contributed by atoms with Gasteiger partial charge in [0.05, 0.1) is 12.1 Å². The van der Waals surface area contributed by atoms with E-state index in [0.717, 1.165) is 6.42 Å². The van der Waals surface area contributed by atoms with E-state index in [9.17, 15) is 9.59 Å². The summed E-state index contributed by atoms with van der Waals surface area (Å²) in [6.45, 7) is 8.26. The summed E-state index contributed by atoms with van der Waals surface area (Å²) in [5.41, 5.74) is 4.31. The number of carbonyl (C=O) groups is 2. The first-order chi connectivity index (χ1) is 7.25. The van der Waals surface area contributed by atoms with Crippen LogP contribution in [0.3, 0.4) is 0 Å². The molecule has 0 aromatic rings. The van der Waals surface area contributed by atoms with Crippen molar-refractivity contribution in [2.45, 2.75) is 39.7 Å². The van der Waals surface area contributed by atoms with Crippen LogP contribution >= 0.6 is 0 Å². The number of hydrogen-bond acceptors (Lipinski definition) is 3. The van der Waals surface area contributed by atoms with Gasteiger partial charge in [0.25, 0.3) is 0 Å². The van der Waals surface area contributed by atoms with Crippen LogP contribution in [0.25, 0.3) is 0 Å². The number of nitrogens with two attached hydrogens (primary N) is 1. The third kappa shape index (κ3) is 6.40. The molecule has 0 saturated heterocycles. The number of amides is 2. The molecule has 0 aliphatic rings. The lowest BCUT2D eigenvalue weighted by Crippen LogP contribution is -2.53. The molecule has 0 aromatic heterocycles. The van der Waals surface area contributed by atoms with Crippen LogP contribution in [0.15, 0.2) is 0 Å². The zero-order valence-electron chi connectivity index (χ0n) is 10.6. The van der Waals surface area contributed by atoms with Gasteiger partial charge < -0.3 is 11.1 Å². The van der Waals surface area contributed by atoms with Gasteiger partial charge in [0.1, 0.15) is 0 Å². The van der Waals surface area contributed by atoms with Crippen molar-refractivity contribution in [2.75, 3.05) is 13.1 Å². The largest absolute Gasteiger partial charge is 0.368 e. The first-order valence-corrected chi connectivity index (χ1v) is 5.57. The van der Waals surface area contributed by atoms with Crippen LogP contribution in [-0.2, 0) is 9.59 Å². The Labute approximate surface area is 97.2 Å². The number of rotatable bonds is 7. The second-order valence-corrected chi connectivity index (χ2v) is 4.88. The van der Waals surface area contributed by atoms with E-state index in [1.165, 1.54) is 0 Å². The van der Waals surface area contributed by atoms with Crippen molar-refractivity contribution < 1.29 is 9.59 Å². The Kier molecular flexibility index (Phi) is 6.03. The maximum absolute atomic E-state index is 11.4. The highest BCUT2D eigenvalue weighted by atomic mass is 16.2. The molecule has 0 bridgehead atoms. The van der Waals surface area contributed by atoms with Gasteiger partial charge in [-0.1, -0.05) is 13.8 Å². The van der Waals surface area contributed by atoms with Crippen molar-refractivity contribution in [3.05, 3.63) is 0 Å². The maximum atomic E-state index is 11.4. The summed E-state index contributed by atoms with van der Waals surface area (Å²) in [4.78, 5) is 22.3. The summed E-state index contributed by atoms with van der Waals surface area (Å²) >= 11 is 0. The van der Waals surface area contributed by atoms with Gasteiger partial charge in [-0.25, -0.2) is 0 Å². The molecule has 0 aliphatic carbocycles. The number of hydrogen-bond donors (Lipinski definition) is 3. The Morgan fingerprint density at radius 2 is 1.88 bits per heavy atom. The van der Waals surface area contributed by atoms with Crippen molar-refractivity contribution in [1.82, 2.24) is 10.6 Å². The first kappa shape index (κ1) is 14.9. The lowest BCUT2D eigenvalue weighted by molar-refractivity contribution is -0.124. The minimum atomic E-state index is -0.852. The van der Waals surface area contributed by atoms with E-state index in [1.54, 1.807) is 13.8 Å². The van der Waals surface area contributed by atoms with Crippen LogP contribution < -0.4 is 16.4 Å². The maximum Gasteiger partial charge on any atom is 0.237 e. The number of primary amides is 1. The van der Waals surface area contributed by atoms with E-state index in [0.29, 0.717) is 12.5 Å². The van der Waals surface area contributed by atoms with Gasteiger partial charge in [-0.2, -0.15) is 0 Å². The third-order valence-electron chi connectivity index (χ3n) is 2.35. The molecule has 16 heavy (non-hydrogen) atoms. The Bertz CT molecular complexity index is 250. The summed E-state index contributed by atoms with van der Waals surface area (Å²) in [6, 6.07) is 0. The summed E-state index contributed by atoms with van der Waals surface area (Å²) in [5.74, 6) is -0.0206. The molecule has 0 heterocycles. The quantitative estimate of drug-likeness (QED) is 0.574. The van der Waals surface area contributed by atoms with Gasteiger partial charge in [0.2, 0.25) is 11.8 Å². The van der Waals surface area contributed by atoms with Gasteiger partial charge in [-0.15, -0.1) is 0 Å². The second kappa shape index (κ2) is 6.48. The van der Waals surface area contributed by atoms with Crippen molar-refractivity contribution in [3.8, 4) is 0 Å². The Morgan fingerprint density at radius 1 is 1.31 bits per heavy atom. The highest BCUT2D eigenvalue weighted by Crippen LogP contribution is 1.99. The van der Waals surface area contributed by atoms with Crippen LogP contribution in [-0.4, -0.2) is 30.4 Å². The second-order valence-electron chi connectivity index (χ2n) is 4.88. The lowest BCUT2D eigenvalue weighted by atomic mass is 10.1. The molecular formula is C11H23N3O2. The molecule has 5 heteroatoms. The fraction of sp³-hybridized carbons (Fsp3) is 0.818. The van der Waals surface area contributed by atoms with Gasteiger partial charge >= 0.3 is 0 Å². The summed E-state index contributed by atoms with van der Waals surface area (Å²) in [6.07, 6.45) is 0.949. The predicted molar refractivity (Wildman–Crippen MR) is 63.7 cm³/mol. The zero-order valence-corrected chi connectivity index (χ0v) is 10.6. The fourth-order valence-corrected chi connectivity index (χ4v) is 0.951. The fourth-order valence-electron chi connectivity index (χ4n) is 0.951. The Balaban J connectivity index is 3.77. The highest BCUT2D eigenvalue weighted by molar-refractivity contribution is 5.85. The van der Waals surface area contributed by atoms with Crippen LogP contribution in [0.5, 0.6) is 0 Å². The Hall–Kier alpha value is -1.10. The average molecular weight is 229 g/mol.